The molecule has 0 saturated carbocycles. The van der Waals surface area contributed by atoms with Crippen molar-refractivity contribution < 1.29 is 34.1 Å². The van der Waals surface area contributed by atoms with Crippen LogP contribution >= 0.6 is 15.9 Å². The van der Waals surface area contributed by atoms with Gasteiger partial charge >= 0.3 is 5.97 Å². The molecule has 0 unspecified atom stereocenters. The van der Waals surface area contributed by atoms with E-state index in [9.17, 15) is 29.4 Å². The van der Waals surface area contributed by atoms with E-state index in [-0.39, 0.29) is 36.2 Å². The molecule has 11 heteroatoms. The van der Waals surface area contributed by atoms with Gasteiger partial charge in [-0.25, -0.2) is 0 Å². The molecule has 3 amide bonds. The fourth-order valence-corrected chi connectivity index (χ4v) is 6.04. The topological polar surface area (TPSA) is 145 Å². The third kappa shape index (κ3) is 10.3. The van der Waals surface area contributed by atoms with Gasteiger partial charge in [-0.15, -0.1) is 0 Å². The highest BCUT2D eigenvalue weighted by Crippen LogP contribution is 2.27. The van der Waals surface area contributed by atoms with Crippen molar-refractivity contribution in [3.8, 4) is 11.5 Å². The number of rotatable bonds is 3. The molecule has 0 bridgehead atoms. The van der Waals surface area contributed by atoms with E-state index in [1.807, 2.05) is 20.8 Å². The maximum Gasteiger partial charge on any atom is 0.308 e. The summed E-state index contributed by atoms with van der Waals surface area (Å²) >= 11 is 3.30. The van der Waals surface area contributed by atoms with Crippen LogP contribution in [0.25, 0.3) is 0 Å². The minimum Gasteiger partial charge on any atom is -0.508 e. The van der Waals surface area contributed by atoms with Crippen molar-refractivity contribution in [3.63, 3.8) is 0 Å². The molecule has 45 heavy (non-hydrogen) atoms. The van der Waals surface area contributed by atoms with E-state index < -0.39 is 47.9 Å². The van der Waals surface area contributed by atoms with E-state index in [2.05, 4.69) is 32.6 Å². The zero-order valence-corrected chi connectivity index (χ0v) is 28.3. The zero-order chi connectivity index (χ0) is 33.4. The predicted octanol–water partition coefficient (Wildman–Crippen LogP) is 4.93. The van der Waals surface area contributed by atoms with Gasteiger partial charge < -0.3 is 30.5 Å². The van der Waals surface area contributed by atoms with Crippen molar-refractivity contribution in [3.05, 3.63) is 69.7 Å². The molecule has 3 rings (SSSR count). The summed E-state index contributed by atoms with van der Waals surface area (Å²) in [5.74, 6) is -2.06. The van der Waals surface area contributed by atoms with E-state index >= 15 is 0 Å². The second kappa shape index (κ2) is 15.9. The van der Waals surface area contributed by atoms with Crippen molar-refractivity contribution in [1.82, 2.24) is 15.5 Å². The molecule has 2 aromatic rings. The van der Waals surface area contributed by atoms with Crippen LogP contribution in [-0.4, -0.2) is 64.0 Å². The van der Waals surface area contributed by atoms with E-state index in [0.717, 1.165) is 5.57 Å². The number of likely N-dealkylation sites (N-methyl/N-ethyl adjacent to an activating group) is 1. The van der Waals surface area contributed by atoms with Crippen LogP contribution < -0.4 is 10.6 Å². The van der Waals surface area contributed by atoms with Gasteiger partial charge in [-0.3, -0.25) is 19.2 Å². The first-order valence-corrected chi connectivity index (χ1v) is 15.9. The van der Waals surface area contributed by atoms with E-state index in [1.165, 1.54) is 30.1 Å². The molecule has 0 saturated heterocycles. The molecule has 6 atom stereocenters. The van der Waals surface area contributed by atoms with Crippen LogP contribution in [0.5, 0.6) is 11.5 Å². The quantitative estimate of drug-likeness (QED) is 0.265. The number of nitrogens with one attached hydrogen (secondary N) is 2. The number of aromatic hydroxyl groups is 2. The lowest BCUT2D eigenvalue weighted by Gasteiger charge is -2.32. The Bertz CT molecular complexity index is 1410. The Morgan fingerprint density at radius 2 is 1.60 bits per heavy atom. The van der Waals surface area contributed by atoms with Gasteiger partial charge in [0.1, 0.15) is 23.6 Å². The summed E-state index contributed by atoms with van der Waals surface area (Å²) in [5, 5.41) is 25.6. The van der Waals surface area contributed by atoms with Crippen LogP contribution in [-0.2, 0) is 30.3 Å². The predicted molar refractivity (Wildman–Crippen MR) is 174 cm³/mol. The lowest BCUT2D eigenvalue weighted by molar-refractivity contribution is -0.149. The molecule has 10 nitrogen and oxygen atoms in total. The Hall–Kier alpha value is -3.86. The number of amides is 3. The summed E-state index contributed by atoms with van der Waals surface area (Å²) in [7, 11) is 1.50. The van der Waals surface area contributed by atoms with Gasteiger partial charge in [0.05, 0.1) is 23.0 Å². The Labute approximate surface area is 273 Å². The summed E-state index contributed by atoms with van der Waals surface area (Å²) in [6.45, 7) is 9.17. The maximum absolute atomic E-state index is 14.0. The molecule has 244 valence electrons. The number of benzene rings is 2. The molecule has 2 aromatic carbocycles. The van der Waals surface area contributed by atoms with Gasteiger partial charge in [0, 0.05) is 19.4 Å². The first-order chi connectivity index (χ1) is 21.1. The van der Waals surface area contributed by atoms with Gasteiger partial charge in [0.2, 0.25) is 17.7 Å². The lowest BCUT2D eigenvalue weighted by atomic mass is 9.95. The number of halogens is 1. The Kier molecular flexibility index (Phi) is 12.6. The van der Waals surface area contributed by atoms with Crippen molar-refractivity contribution in [2.24, 2.45) is 11.8 Å². The molecule has 0 radical (unpaired) electrons. The van der Waals surface area contributed by atoms with E-state index in [4.69, 9.17) is 4.74 Å². The zero-order valence-electron chi connectivity index (χ0n) is 26.7. The average Bonchev–Trinajstić information content (AvgIpc) is 2.95. The van der Waals surface area contributed by atoms with E-state index in [0.29, 0.717) is 28.4 Å². The standard InChI is InChI=1S/C34H44BrN3O7/c1-19-13-20(2)15-22(4)45-31(41)18-28(25-8-10-26(39)11-9-25)37-33(43)29(17-24-7-12-30(40)27(35)16-24)38(6)34(44)23(5)36-32(42)21(3)14-19/h7-13,16,20-23,28-29,39-40H,14-15,17-18H2,1-6H3,(H,36,42)(H,37,43)/b19-13+/t20-,21-,22-,23-,28+,29-/m0/s1. The monoisotopic (exact) mass is 685 g/mol. The smallest absolute Gasteiger partial charge is 0.308 e. The molecule has 4 N–H and O–H groups in total. The number of carbonyl (C=O) groups is 4. The second-order valence-electron chi connectivity index (χ2n) is 12.2. The largest absolute Gasteiger partial charge is 0.508 e. The fourth-order valence-electron chi connectivity index (χ4n) is 5.62. The molecular formula is C34H44BrN3O7. The Morgan fingerprint density at radius 1 is 0.933 bits per heavy atom. The summed E-state index contributed by atoms with van der Waals surface area (Å²) in [5.41, 5.74) is 2.24. The van der Waals surface area contributed by atoms with Crippen LogP contribution in [0.2, 0.25) is 0 Å². The summed E-state index contributed by atoms with van der Waals surface area (Å²) < 4.78 is 6.17. The molecule has 0 aliphatic carbocycles. The van der Waals surface area contributed by atoms with Crippen LogP contribution in [0.1, 0.15) is 71.0 Å². The highest BCUT2D eigenvalue weighted by Gasteiger charge is 2.33. The Balaban J connectivity index is 2.03. The molecule has 0 spiro atoms. The average molecular weight is 687 g/mol. The number of hydrogen-bond donors (Lipinski definition) is 4. The van der Waals surface area contributed by atoms with Crippen molar-refractivity contribution in [1.29, 1.82) is 0 Å². The molecule has 1 aliphatic heterocycles. The van der Waals surface area contributed by atoms with Gasteiger partial charge in [-0.05, 0) is 90.9 Å². The minimum atomic E-state index is -1.05. The summed E-state index contributed by atoms with van der Waals surface area (Å²) in [6.07, 6.45) is 2.63. The number of carbonyl (C=O) groups excluding carboxylic acids is 4. The normalized spacial score (nSPS) is 27.6. The number of esters is 1. The first-order valence-electron chi connectivity index (χ1n) is 15.1. The minimum absolute atomic E-state index is 0.0261. The van der Waals surface area contributed by atoms with Gasteiger partial charge in [0.15, 0.2) is 0 Å². The number of phenols is 2. The van der Waals surface area contributed by atoms with Crippen LogP contribution in [0.4, 0.5) is 0 Å². The highest BCUT2D eigenvalue weighted by atomic mass is 79.9. The van der Waals surface area contributed by atoms with Crippen molar-refractivity contribution in [2.75, 3.05) is 7.05 Å². The summed E-state index contributed by atoms with van der Waals surface area (Å²) in [6, 6.07) is 8.17. The number of nitrogens with zero attached hydrogens (tertiary/aromatic N) is 1. The van der Waals surface area contributed by atoms with Crippen molar-refractivity contribution in [2.45, 2.75) is 84.5 Å². The third-order valence-corrected chi connectivity index (χ3v) is 8.59. The molecule has 1 heterocycles. The van der Waals surface area contributed by atoms with Gasteiger partial charge in [-0.1, -0.05) is 43.7 Å². The fraction of sp³-hybridized carbons (Fsp3) is 0.471. The summed E-state index contributed by atoms with van der Waals surface area (Å²) in [4.78, 5) is 55.2. The van der Waals surface area contributed by atoms with Gasteiger partial charge in [-0.2, -0.15) is 0 Å². The van der Waals surface area contributed by atoms with Gasteiger partial charge in [0.25, 0.3) is 0 Å². The van der Waals surface area contributed by atoms with E-state index in [1.54, 1.807) is 38.1 Å². The maximum atomic E-state index is 14.0. The molecule has 0 aromatic heterocycles. The highest BCUT2D eigenvalue weighted by molar-refractivity contribution is 9.10. The third-order valence-electron chi connectivity index (χ3n) is 7.95. The van der Waals surface area contributed by atoms with Crippen molar-refractivity contribution >= 4 is 39.6 Å². The number of ether oxygens (including phenoxy) is 1. The second-order valence-corrected chi connectivity index (χ2v) is 13.0. The molecule has 0 fully saturated rings. The number of phenolic OH excluding ortho intramolecular Hbond substituents is 2. The lowest BCUT2D eigenvalue weighted by Crippen LogP contribution is -2.55. The SMILES string of the molecule is C/C1=C\[C@H](C)C[C@H](C)OC(=O)C[C@H](c2ccc(O)cc2)NC(=O)[C@H](Cc2ccc(O)c(Br)c2)N(C)C(=O)[C@H](C)NC(=O)[C@@H](C)C1. The van der Waals surface area contributed by atoms with Crippen LogP contribution in [0.15, 0.2) is 58.6 Å². The molecular weight excluding hydrogens is 642 g/mol. The number of hydrogen-bond acceptors (Lipinski definition) is 7. The first kappa shape index (κ1) is 35.6. The van der Waals surface area contributed by atoms with Crippen LogP contribution in [0.3, 0.4) is 0 Å². The number of allylic oxidation sites excluding steroid dienone is 2. The van der Waals surface area contributed by atoms with Crippen LogP contribution in [0, 0.1) is 11.8 Å². The molecule has 1 aliphatic rings. The number of cyclic esters (lactones) is 1. The Morgan fingerprint density at radius 3 is 2.24 bits per heavy atom.